The Bertz CT molecular complexity index is 748. The first-order valence-corrected chi connectivity index (χ1v) is 9.04. The molecular formula is C21H28N2O3. The molecule has 3 rings (SSSR count). The van der Waals surface area contributed by atoms with Crippen molar-refractivity contribution in [1.82, 2.24) is 4.90 Å². The number of rotatable bonds is 7. The SMILES string of the molecule is COc1cc2c(cc1OC)CN(Cc1cccc(OC(C)CN)c1)CC2. The van der Waals surface area contributed by atoms with Crippen LogP contribution >= 0.6 is 0 Å². The van der Waals surface area contributed by atoms with Crippen molar-refractivity contribution in [2.45, 2.75) is 32.5 Å². The van der Waals surface area contributed by atoms with Crippen molar-refractivity contribution in [3.63, 3.8) is 0 Å². The van der Waals surface area contributed by atoms with Gasteiger partial charge in [-0.3, -0.25) is 4.90 Å². The third kappa shape index (κ3) is 4.29. The zero-order chi connectivity index (χ0) is 18.5. The minimum Gasteiger partial charge on any atom is -0.493 e. The van der Waals surface area contributed by atoms with Gasteiger partial charge in [-0.15, -0.1) is 0 Å². The first-order chi connectivity index (χ1) is 12.6. The summed E-state index contributed by atoms with van der Waals surface area (Å²) in [6, 6.07) is 12.5. The molecule has 0 saturated carbocycles. The molecule has 5 heteroatoms. The van der Waals surface area contributed by atoms with Gasteiger partial charge in [0.15, 0.2) is 11.5 Å². The average molecular weight is 356 g/mol. The van der Waals surface area contributed by atoms with Crippen molar-refractivity contribution >= 4 is 0 Å². The maximum absolute atomic E-state index is 5.83. The van der Waals surface area contributed by atoms with Gasteiger partial charge >= 0.3 is 0 Å². The van der Waals surface area contributed by atoms with Gasteiger partial charge in [0.05, 0.1) is 14.2 Å². The smallest absolute Gasteiger partial charge is 0.161 e. The van der Waals surface area contributed by atoms with E-state index in [2.05, 4.69) is 29.2 Å². The maximum atomic E-state index is 5.83. The zero-order valence-electron chi connectivity index (χ0n) is 15.8. The minimum atomic E-state index is 0.0227. The quantitative estimate of drug-likeness (QED) is 0.826. The van der Waals surface area contributed by atoms with Crippen LogP contribution in [0.1, 0.15) is 23.6 Å². The molecule has 0 aliphatic carbocycles. The van der Waals surface area contributed by atoms with Crippen molar-refractivity contribution in [1.29, 1.82) is 0 Å². The van der Waals surface area contributed by atoms with Crippen LogP contribution in [0.5, 0.6) is 17.2 Å². The highest BCUT2D eigenvalue weighted by Gasteiger charge is 2.19. The van der Waals surface area contributed by atoms with Crippen LogP contribution in [0.3, 0.4) is 0 Å². The Hall–Kier alpha value is -2.24. The van der Waals surface area contributed by atoms with E-state index in [0.717, 1.165) is 43.3 Å². The average Bonchev–Trinajstić information content (AvgIpc) is 2.67. The summed E-state index contributed by atoms with van der Waals surface area (Å²) in [6.07, 6.45) is 1.03. The van der Waals surface area contributed by atoms with E-state index in [-0.39, 0.29) is 6.10 Å². The highest BCUT2D eigenvalue weighted by molar-refractivity contribution is 5.48. The van der Waals surface area contributed by atoms with Crippen molar-refractivity contribution < 1.29 is 14.2 Å². The topological polar surface area (TPSA) is 57.0 Å². The zero-order valence-corrected chi connectivity index (χ0v) is 15.8. The highest BCUT2D eigenvalue weighted by Crippen LogP contribution is 2.33. The Labute approximate surface area is 155 Å². The predicted octanol–water partition coefficient (Wildman–Crippen LogP) is 2.99. The lowest BCUT2D eigenvalue weighted by molar-refractivity contribution is 0.227. The molecule has 1 aliphatic rings. The first kappa shape index (κ1) is 18.5. The molecule has 0 fully saturated rings. The van der Waals surface area contributed by atoms with Gasteiger partial charge in [0.1, 0.15) is 11.9 Å². The third-order valence-electron chi connectivity index (χ3n) is 4.77. The fourth-order valence-corrected chi connectivity index (χ4v) is 3.33. The number of ether oxygens (including phenoxy) is 3. The third-order valence-corrected chi connectivity index (χ3v) is 4.77. The van der Waals surface area contributed by atoms with Gasteiger partial charge in [-0.05, 0) is 54.3 Å². The molecule has 1 heterocycles. The fraction of sp³-hybridized carbons (Fsp3) is 0.429. The highest BCUT2D eigenvalue weighted by atomic mass is 16.5. The number of benzene rings is 2. The molecule has 1 atom stereocenters. The summed E-state index contributed by atoms with van der Waals surface area (Å²) in [5.41, 5.74) is 9.53. The number of methoxy groups -OCH3 is 2. The van der Waals surface area contributed by atoms with Crippen LogP contribution in [-0.2, 0) is 19.5 Å². The molecular weight excluding hydrogens is 328 g/mol. The monoisotopic (exact) mass is 356 g/mol. The molecule has 0 spiro atoms. The summed E-state index contributed by atoms with van der Waals surface area (Å²) >= 11 is 0. The molecule has 0 aromatic heterocycles. The van der Waals surface area contributed by atoms with Crippen molar-refractivity contribution in [2.75, 3.05) is 27.3 Å². The van der Waals surface area contributed by atoms with Gasteiger partial charge in [-0.25, -0.2) is 0 Å². The van der Waals surface area contributed by atoms with E-state index in [9.17, 15) is 0 Å². The van der Waals surface area contributed by atoms with E-state index in [4.69, 9.17) is 19.9 Å². The van der Waals surface area contributed by atoms with Crippen molar-refractivity contribution in [3.8, 4) is 17.2 Å². The molecule has 140 valence electrons. The molecule has 2 N–H and O–H groups in total. The maximum Gasteiger partial charge on any atom is 0.161 e. The molecule has 2 aromatic rings. The van der Waals surface area contributed by atoms with Gasteiger partial charge in [0.25, 0.3) is 0 Å². The lowest BCUT2D eigenvalue weighted by Crippen LogP contribution is -2.30. The Morgan fingerprint density at radius 3 is 2.50 bits per heavy atom. The van der Waals surface area contributed by atoms with Gasteiger partial charge in [0, 0.05) is 26.2 Å². The first-order valence-electron chi connectivity index (χ1n) is 9.04. The van der Waals surface area contributed by atoms with E-state index >= 15 is 0 Å². The van der Waals surface area contributed by atoms with Crippen LogP contribution in [0.25, 0.3) is 0 Å². The van der Waals surface area contributed by atoms with E-state index < -0.39 is 0 Å². The summed E-state index contributed by atoms with van der Waals surface area (Å²) < 4.78 is 16.7. The summed E-state index contributed by atoms with van der Waals surface area (Å²) in [6.45, 7) is 5.31. The molecule has 1 unspecified atom stereocenters. The Kier molecular flexibility index (Phi) is 6.01. The normalized spacial score (nSPS) is 15.2. The number of hydrogen-bond donors (Lipinski definition) is 1. The second kappa shape index (κ2) is 8.43. The Balaban J connectivity index is 1.70. The summed E-state index contributed by atoms with van der Waals surface area (Å²) in [5, 5.41) is 0. The molecule has 0 amide bonds. The minimum absolute atomic E-state index is 0.0227. The second-order valence-corrected chi connectivity index (χ2v) is 6.75. The summed E-state index contributed by atoms with van der Waals surface area (Å²) in [7, 11) is 3.36. The molecule has 0 radical (unpaired) electrons. The van der Waals surface area contributed by atoms with E-state index in [1.165, 1.54) is 16.7 Å². The standard InChI is InChI=1S/C21H28N2O3/c1-15(12-22)26-19-6-4-5-16(9-19)13-23-8-7-17-10-20(24-2)21(25-3)11-18(17)14-23/h4-6,9-11,15H,7-8,12-14,22H2,1-3H3. The molecule has 0 saturated heterocycles. The van der Waals surface area contributed by atoms with Gasteiger partial charge in [0.2, 0.25) is 0 Å². The van der Waals surface area contributed by atoms with Crippen LogP contribution < -0.4 is 19.9 Å². The van der Waals surface area contributed by atoms with Crippen LogP contribution in [-0.4, -0.2) is 38.3 Å². The number of nitrogens with two attached hydrogens (primary N) is 1. The number of hydrogen-bond acceptors (Lipinski definition) is 5. The lowest BCUT2D eigenvalue weighted by Gasteiger charge is -2.29. The largest absolute Gasteiger partial charge is 0.493 e. The van der Waals surface area contributed by atoms with E-state index in [1.807, 2.05) is 19.1 Å². The van der Waals surface area contributed by atoms with Crippen LogP contribution in [0.4, 0.5) is 0 Å². The van der Waals surface area contributed by atoms with Gasteiger partial charge in [-0.1, -0.05) is 12.1 Å². The summed E-state index contributed by atoms with van der Waals surface area (Å²) in [5.74, 6) is 2.47. The predicted molar refractivity (Wildman–Crippen MR) is 103 cm³/mol. The molecule has 1 aliphatic heterocycles. The Morgan fingerprint density at radius 1 is 1.08 bits per heavy atom. The van der Waals surface area contributed by atoms with Gasteiger partial charge < -0.3 is 19.9 Å². The van der Waals surface area contributed by atoms with Crippen molar-refractivity contribution in [2.24, 2.45) is 5.73 Å². The van der Waals surface area contributed by atoms with E-state index in [0.29, 0.717) is 6.54 Å². The van der Waals surface area contributed by atoms with Crippen LogP contribution in [0.2, 0.25) is 0 Å². The van der Waals surface area contributed by atoms with Crippen LogP contribution in [0, 0.1) is 0 Å². The molecule has 5 nitrogen and oxygen atoms in total. The number of nitrogens with zero attached hydrogens (tertiary/aromatic N) is 1. The molecule has 26 heavy (non-hydrogen) atoms. The summed E-state index contributed by atoms with van der Waals surface area (Å²) in [4.78, 5) is 2.44. The van der Waals surface area contributed by atoms with E-state index in [1.54, 1.807) is 14.2 Å². The number of fused-ring (bicyclic) bond motifs is 1. The van der Waals surface area contributed by atoms with Crippen LogP contribution in [0.15, 0.2) is 36.4 Å². The second-order valence-electron chi connectivity index (χ2n) is 6.75. The fourth-order valence-electron chi connectivity index (χ4n) is 3.33. The lowest BCUT2D eigenvalue weighted by atomic mass is 9.98. The molecule has 2 aromatic carbocycles. The molecule has 0 bridgehead atoms. The van der Waals surface area contributed by atoms with Gasteiger partial charge in [-0.2, -0.15) is 0 Å². The Morgan fingerprint density at radius 2 is 1.81 bits per heavy atom. The van der Waals surface area contributed by atoms with Crippen molar-refractivity contribution in [3.05, 3.63) is 53.1 Å².